The molecule has 2 rings (SSSR count). The van der Waals surface area contributed by atoms with E-state index in [9.17, 15) is 5.11 Å². The lowest BCUT2D eigenvalue weighted by atomic mass is 9.74. The van der Waals surface area contributed by atoms with Gasteiger partial charge in [-0.15, -0.1) is 0 Å². The van der Waals surface area contributed by atoms with Crippen molar-refractivity contribution in [2.24, 2.45) is 5.73 Å². The molecular weight excluding hydrogens is 210 g/mol. The first-order valence-electron chi connectivity index (χ1n) is 5.83. The molecule has 2 saturated heterocycles. The van der Waals surface area contributed by atoms with Crippen LogP contribution in [0.4, 0.5) is 0 Å². The zero-order chi connectivity index (χ0) is 10.8. The highest BCUT2D eigenvalue weighted by molar-refractivity contribution is 7.99. The molecule has 2 heterocycles. The molecule has 15 heavy (non-hydrogen) atoms. The Hall–Kier alpha value is 0.230. The van der Waals surface area contributed by atoms with Crippen molar-refractivity contribution in [3.05, 3.63) is 0 Å². The molecule has 2 unspecified atom stereocenters. The molecular formula is C11H21NO2S. The lowest BCUT2D eigenvalue weighted by Gasteiger charge is -2.46. The maximum atomic E-state index is 10.7. The van der Waals surface area contributed by atoms with E-state index in [0.717, 1.165) is 38.0 Å². The molecule has 0 spiro atoms. The van der Waals surface area contributed by atoms with Crippen molar-refractivity contribution in [1.29, 1.82) is 0 Å². The summed E-state index contributed by atoms with van der Waals surface area (Å²) in [7, 11) is 0. The van der Waals surface area contributed by atoms with E-state index >= 15 is 0 Å². The number of nitrogens with two attached hydrogens (primary N) is 1. The topological polar surface area (TPSA) is 55.5 Å². The summed E-state index contributed by atoms with van der Waals surface area (Å²) >= 11 is 1.88. The minimum Gasteiger partial charge on any atom is -0.388 e. The maximum absolute atomic E-state index is 10.7. The second-order valence-electron chi connectivity index (χ2n) is 4.81. The molecule has 0 radical (unpaired) electrons. The highest BCUT2D eigenvalue weighted by Gasteiger charge is 2.47. The fourth-order valence-corrected chi connectivity index (χ4v) is 3.89. The number of thioether (sulfide) groups is 1. The summed E-state index contributed by atoms with van der Waals surface area (Å²) in [5.74, 6) is 2.08. The van der Waals surface area contributed by atoms with Crippen LogP contribution in [-0.2, 0) is 4.74 Å². The van der Waals surface area contributed by atoms with Crippen LogP contribution in [0.1, 0.15) is 32.1 Å². The van der Waals surface area contributed by atoms with Crippen LogP contribution in [0.25, 0.3) is 0 Å². The van der Waals surface area contributed by atoms with Gasteiger partial charge >= 0.3 is 0 Å². The van der Waals surface area contributed by atoms with Gasteiger partial charge in [0, 0.05) is 25.4 Å². The Balaban J connectivity index is 2.10. The molecule has 3 N–H and O–H groups in total. The van der Waals surface area contributed by atoms with Crippen molar-refractivity contribution in [2.45, 2.75) is 43.2 Å². The number of rotatable bonds is 1. The van der Waals surface area contributed by atoms with Crippen LogP contribution < -0.4 is 5.73 Å². The van der Waals surface area contributed by atoms with Crippen LogP contribution >= 0.6 is 11.8 Å². The molecule has 0 aromatic heterocycles. The van der Waals surface area contributed by atoms with Crippen LogP contribution in [0.15, 0.2) is 0 Å². The molecule has 0 aromatic carbocycles. The molecule has 2 aliphatic rings. The van der Waals surface area contributed by atoms with Crippen LogP contribution in [-0.4, -0.2) is 41.0 Å². The van der Waals surface area contributed by atoms with E-state index in [1.807, 2.05) is 11.8 Å². The molecule has 2 atom stereocenters. The van der Waals surface area contributed by atoms with Gasteiger partial charge in [-0.05, 0) is 31.4 Å². The van der Waals surface area contributed by atoms with Gasteiger partial charge in [0.1, 0.15) is 0 Å². The van der Waals surface area contributed by atoms with Gasteiger partial charge in [-0.3, -0.25) is 0 Å². The van der Waals surface area contributed by atoms with Crippen LogP contribution in [0.3, 0.4) is 0 Å². The minimum atomic E-state index is -0.697. The fourth-order valence-electron chi connectivity index (χ4n) is 2.62. The molecule has 4 heteroatoms. The Bertz CT molecular complexity index is 209. The summed E-state index contributed by atoms with van der Waals surface area (Å²) in [6.07, 6.45) is 4.51. The Morgan fingerprint density at radius 2 is 2.00 bits per heavy atom. The first-order valence-corrected chi connectivity index (χ1v) is 6.99. The highest BCUT2D eigenvalue weighted by Crippen LogP contribution is 2.39. The number of hydrogen-bond acceptors (Lipinski definition) is 4. The SMILES string of the molecule is NC1(C2(O)CCCOCC2)CCCSC1. The zero-order valence-corrected chi connectivity index (χ0v) is 10.0. The van der Waals surface area contributed by atoms with Gasteiger partial charge < -0.3 is 15.6 Å². The number of aliphatic hydroxyl groups is 1. The number of hydrogen-bond donors (Lipinski definition) is 2. The molecule has 2 fully saturated rings. The monoisotopic (exact) mass is 231 g/mol. The maximum Gasteiger partial charge on any atom is 0.0857 e. The van der Waals surface area contributed by atoms with Gasteiger partial charge in [0.25, 0.3) is 0 Å². The second kappa shape index (κ2) is 4.62. The van der Waals surface area contributed by atoms with Gasteiger partial charge in [-0.2, -0.15) is 11.8 Å². The van der Waals surface area contributed by atoms with Gasteiger partial charge in [0.2, 0.25) is 0 Å². The largest absolute Gasteiger partial charge is 0.388 e. The normalized spacial score (nSPS) is 43.6. The average Bonchev–Trinajstić information content (AvgIpc) is 2.45. The molecule has 0 amide bonds. The minimum absolute atomic E-state index is 0.385. The second-order valence-corrected chi connectivity index (χ2v) is 5.91. The Kier molecular flexibility index (Phi) is 3.60. The summed E-state index contributed by atoms with van der Waals surface area (Å²) in [6, 6.07) is 0. The van der Waals surface area contributed by atoms with E-state index in [0.29, 0.717) is 13.0 Å². The molecule has 3 nitrogen and oxygen atoms in total. The molecule has 0 aromatic rings. The fraction of sp³-hybridized carbons (Fsp3) is 1.00. The lowest BCUT2D eigenvalue weighted by molar-refractivity contribution is -0.0467. The Labute approximate surface area is 95.7 Å². The van der Waals surface area contributed by atoms with Gasteiger partial charge in [0.15, 0.2) is 0 Å². The molecule has 0 bridgehead atoms. The molecule has 0 saturated carbocycles. The predicted molar refractivity (Wildman–Crippen MR) is 63.1 cm³/mol. The first kappa shape index (κ1) is 11.7. The quantitative estimate of drug-likeness (QED) is 0.710. The smallest absolute Gasteiger partial charge is 0.0857 e. The summed E-state index contributed by atoms with van der Waals surface area (Å²) in [5.41, 5.74) is 5.33. The van der Waals surface area contributed by atoms with Gasteiger partial charge in [0.05, 0.1) is 11.1 Å². The molecule has 0 aliphatic carbocycles. The van der Waals surface area contributed by atoms with Gasteiger partial charge in [-0.1, -0.05) is 0 Å². The van der Waals surface area contributed by atoms with Crippen LogP contribution in [0.2, 0.25) is 0 Å². The van der Waals surface area contributed by atoms with Gasteiger partial charge in [-0.25, -0.2) is 0 Å². The Morgan fingerprint density at radius 1 is 1.13 bits per heavy atom. The van der Waals surface area contributed by atoms with Crippen molar-refractivity contribution in [3.8, 4) is 0 Å². The average molecular weight is 231 g/mol. The third-order valence-corrected chi connectivity index (χ3v) is 5.03. The summed E-state index contributed by atoms with van der Waals surface area (Å²) in [4.78, 5) is 0. The van der Waals surface area contributed by atoms with Crippen molar-refractivity contribution in [3.63, 3.8) is 0 Å². The predicted octanol–water partition coefficient (Wildman–Crippen LogP) is 1.14. The highest BCUT2D eigenvalue weighted by atomic mass is 32.2. The van der Waals surface area contributed by atoms with E-state index in [1.54, 1.807) is 0 Å². The van der Waals surface area contributed by atoms with Crippen LogP contribution in [0.5, 0.6) is 0 Å². The Morgan fingerprint density at radius 3 is 2.73 bits per heavy atom. The van der Waals surface area contributed by atoms with Crippen LogP contribution in [0, 0.1) is 0 Å². The summed E-state index contributed by atoms with van der Waals surface area (Å²) in [5, 5.41) is 10.7. The van der Waals surface area contributed by atoms with Crippen molar-refractivity contribution in [2.75, 3.05) is 24.7 Å². The zero-order valence-electron chi connectivity index (χ0n) is 9.21. The summed E-state index contributed by atoms with van der Waals surface area (Å²) in [6.45, 7) is 1.42. The van der Waals surface area contributed by atoms with E-state index in [1.165, 1.54) is 5.75 Å². The van der Waals surface area contributed by atoms with Crippen molar-refractivity contribution < 1.29 is 9.84 Å². The summed E-state index contributed by atoms with van der Waals surface area (Å²) < 4.78 is 5.40. The first-order chi connectivity index (χ1) is 7.16. The third-order valence-electron chi connectivity index (χ3n) is 3.74. The van der Waals surface area contributed by atoms with E-state index in [2.05, 4.69) is 0 Å². The van der Waals surface area contributed by atoms with E-state index in [-0.39, 0.29) is 5.54 Å². The molecule has 2 aliphatic heterocycles. The lowest BCUT2D eigenvalue weighted by Crippen LogP contribution is -2.63. The third kappa shape index (κ3) is 2.33. The number of ether oxygens (including phenoxy) is 1. The van der Waals surface area contributed by atoms with Crippen molar-refractivity contribution in [1.82, 2.24) is 0 Å². The molecule has 88 valence electrons. The van der Waals surface area contributed by atoms with E-state index in [4.69, 9.17) is 10.5 Å². The van der Waals surface area contributed by atoms with Crippen molar-refractivity contribution >= 4 is 11.8 Å². The standard InChI is InChI=1S/C11H21NO2S/c12-10(3-2-8-15-9-10)11(13)4-1-6-14-7-5-11/h13H,1-9,12H2. The van der Waals surface area contributed by atoms with E-state index < -0.39 is 5.60 Å².